The smallest absolute Gasteiger partial charge is 0.391 e. The number of amides is 1. The van der Waals surface area contributed by atoms with E-state index in [1.165, 1.54) is 10.6 Å². The molecule has 17 heavy (non-hydrogen) atoms. The highest BCUT2D eigenvalue weighted by molar-refractivity contribution is 6.29. The third-order valence-electron chi connectivity index (χ3n) is 2.26. The third-order valence-corrected chi connectivity index (χ3v) is 2.46. The van der Waals surface area contributed by atoms with Crippen LogP contribution in [0.3, 0.4) is 0 Å². The number of ether oxygens (including phenoxy) is 1. The second-order valence-electron chi connectivity index (χ2n) is 3.83. The molecule has 6 nitrogen and oxygen atoms in total. The van der Waals surface area contributed by atoms with Crippen molar-refractivity contribution in [2.24, 2.45) is 5.73 Å². The van der Waals surface area contributed by atoms with E-state index >= 15 is 0 Å². The van der Waals surface area contributed by atoms with Crippen LogP contribution in [0.5, 0.6) is 5.88 Å². The van der Waals surface area contributed by atoms with Crippen LogP contribution < -0.4 is 10.5 Å². The molecule has 0 saturated heterocycles. The Morgan fingerprint density at radius 1 is 1.59 bits per heavy atom. The molecule has 0 atom stereocenters. The van der Waals surface area contributed by atoms with Crippen LogP contribution in [-0.2, 0) is 0 Å². The standard InChI is InChI=1S/C10H11ClN4O2/c1-5(2)6-4-13-15-8(17-10(12)16)3-7(11)14-9(6)15/h3-5H,1-2H3,(H2,12,16). The number of fused-ring (bicyclic) bond motifs is 1. The lowest BCUT2D eigenvalue weighted by molar-refractivity contribution is 0.208. The summed E-state index contributed by atoms with van der Waals surface area (Å²) in [6, 6.07) is 1.39. The van der Waals surface area contributed by atoms with Crippen LogP contribution in [-0.4, -0.2) is 20.7 Å². The number of rotatable bonds is 2. The summed E-state index contributed by atoms with van der Waals surface area (Å²) < 4.78 is 6.21. The molecule has 0 unspecified atom stereocenters. The number of carbonyl (C=O) groups excluding carboxylic acids is 1. The van der Waals surface area contributed by atoms with Crippen molar-refractivity contribution in [3.05, 3.63) is 23.0 Å². The molecule has 0 radical (unpaired) electrons. The molecule has 0 bridgehead atoms. The van der Waals surface area contributed by atoms with Gasteiger partial charge in [-0.3, -0.25) is 0 Å². The Bertz CT molecular complexity index is 579. The fourth-order valence-corrected chi connectivity index (χ4v) is 1.68. The molecule has 2 aromatic rings. The van der Waals surface area contributed by atoms with Gasteiger partial charge in [-0.25, -0.2) is 9.78 Å². The third kappa shape index (κ3) is 2.16. The second-order valence-corrected chi connectivity index (χ2v) is 4.22. The molecule has 0 aliphatic rings. The predicted molar refractivity (Wildman–Crippen MR) is 62.3 cm³/mol. The summed E-state index contributed by atoms with van der Waals surface area (Å²) in [5.74, 6) is 0.388. The number of hydrogen-bond donors (Lipinski definition) is 1. The van der Waals surface area contributed by atoms with Crippen LogP contribution in [0.25, 0.3) is 5.65 Å². The first-order valence-electron chi connectivity index (χ1n) is 5.00. The molecule has 90 valence electrons. The van der Waals surface area contributed by atoms with Crippen LogP contribution >= 0.6 is 11.6 Å². The highest BCUT2D eigenvalue weighted by Crippen LogP contribution is 2.24. The van der Waals surface area contributed by atoms with Crippen molar-refractivity contribution in [1.82, 2.24) is 14.6 Å². The topological polar surface area (TPSA) is 82.5 Å². The van der Waals surface area contributed by atoms with Crippen molar-refractivity contribution in [2.45, 2.75) is 19.8 Å². The van der Waals surface area contributed by atoms with Gasteiger partial charge in [0.2, 0.25) is 5.88 Å². The van der Waals surface area contributed by atoms with Gasteiger partial charge in [0.05, 0.1) is 6.20 Å². The maximum Gasteiger partial charge on any atom is 0.411 e. The lowest BCUT2D eigenvalue weighted by Gasteiger charge is -2.05. The van der Waals surface area contributed by atoms with E-state index in [4.69, 9.17) is 22.1 Å². The van der Waals surface area contributed by atoms with Crippen molar-refractivity contribution in [3.63, 3.8) is 0 Å². The summed E-state index contributed by atoms with van der Waals surface area (Å²) in [7, 11) is 0. The highest BCUT2D eigenvalue weighted by atomic mass is 35.5. The summed E-state index contributed by atoms with van der Waals surface area (Å²) in [6.45, 7) is 4.02. The Labute approximate surface area is 102 Å². The van der Waals surface area contributed by atoms with Crippen LogP contribution in [0, 0.1) is 0 Å². The van der Waals surface area contributed by atoms with E-state index in [1.807, 2.05) is 13.8 Å². The molecule has 2 rings (SSSR count). The quantitative estimate of drug-likeness (QED) is 0.831. The molecular formula is C10H11ClN4O2. The summed E-state index contributed by atoms with van der Waals surface area (Å²) in [4.78, 5) is 14.9. The Morgan fingerprint density at radius 3 is 2.88 bits per heavy atom. The first-order chi connectivity index (χ1) is 7.99. The Hall–Kier alpha value is -1.82. The maximum atomic E-state index is 10.8. The molecule has 2 N–H and O–H groups in total. The lowest BCUT2D eigenvalue weighted by atomic mass is 10.1. The van der Waals surface area contributed by atoms with E-state index < -0.39 is 6.09 Å². The minimum atomic E-state index is -0.921. The largest absolute Gasteiger partial charge is 0.411 e. The van der Waals surface area contributed by atoms with Gasteiger partial charge in [-0.2, -0.15) is 9.61 Å². The van der Waals surface area contributed by atoms with Gasteiger partial charge >= 0.3 is 6.09 Å². The number of aromatic nitrogens is 3. The van der Waals surface area contributed by atoms with Crippen LogP contribution in [0.1, 0.15) is 25.3 Å². The SMILES string of the molecule is CC(C)c1cnn2c(OC(N)=O)cc(Cl)nc12. The van der Waals surface area contributed by atoms with Gasteiger partial charge in [0, 0.05) is 11.6 Å². The summed E-state index contributed by atoms with van der Waals surface area (Å²) in [5, 5.41) is 4.32. The van der Waals surface area contributed by atoms with Gasteiger partial charge < -0.3 is 10.5 Å². The molecule has 0 saturated carbocycles. The van der Waals surface area contributed by atoms with Crippen LogP contribution in [0.15, 0.2) is 12.3 Å². The predicted octanol–water partition coefficient (Wildman–Crippen LogP) is 1.96. The second kappa shape index (κ2) is 4.21. The highest BCUT2D eigenvalue weighted by Gasteiger charge is 2.15. The molecule has 2 aromatic heterocycles. The summed E-state index contributed by atoms with van der Waals surface area (Å²) >= 11 is 5.86. The van der Waals surface area contributed by atoms with Crippen molar-refractivity contribution in [3.8, 4) is 5.88 Å². The first-order valence-corrected chi connectivity index (χ1v) is 5.38. The van der Waals surface area contributed by atoms with Crippen molar-refractivity contribution in [2.75, 3.05) is 0 Å². The van der Waals surface area contributed by atoms with E-state index in [0.717, 1.165) is 5.56 Å². The molecule has 0 aromatic carbocycles. The maximum absolute atomic E-state index is 10.8. The number of halogens is 1. The first kappa shape index (κ1) is 11.7. The normalized spacial score (nSPS) is 11.1. The van der Waals surface area contributed by atoms with Gasteiger partial charge in [0.25, 0.3) is 0 Å². The van der Waals surface area contributed by atoms with Crippen LogP contribution in [0.2, 0.25) is 5.15 Å². The van der Waals surface area contributed by atoms with Gasteiger partial charge in [-0.1, -0.05) is 25.4 Å². The van der Waals surface area contributed by atoms with E-state index in [1.54, 1.807) is 6.20 Å². The van der Waals surface area contributed by atoms with Gasteiger partial charge in [-0.05, 0) is 5.92 Å². The molecule has 0 aliphatic heterocycles. The molecule has 0 aliphatic carbocycles. The minimum Gasteiger partial charge on any atom is -0.391 e. The zero-order valence-electron chi connectivity index (χ0n) is 9.35. The minimum absolute atomic E-state index is 0.152. The molecule has 2 heterocycles. The number of hydrogen-bond acceptors (Lipinski definition) is 4. The average Bonchev–Trinajstić information content (AvgIpc) is 2.59. The van der Waals surface area contributed by atoms with Crippen LogP contribution in [0.4, 0.5) is 4.79 Å². The lowest BCUT2D eigenvalue weighted by Crippen LogP contribution is -2.18. The van der Waals surface area contributed by atoms with Gasteiger partial charge in [-0.15, -0.1) is 0 Å². The van der Waals surface area contributed by atoms with Crippen molar-refractivity contribution >= 4 is 23.3 Å². The molecular weight excluding hydrogens is 244 g/mol. The Morgan fingerprint density at radius 2 is 2.29 bits per heavy atom. The van der Waals surface area contributed by atoms with E-state index in [0.29, 0.717) is 5.65 Å². The van der Waals surface area contributed by atoms with Gasteiger partial charge in [0.1, 0.15) is 5.15 Å². The molecule has 0 fully saturated rings. The molecule has 0 spiro atoms. The monoisotopic (exact) mass is 254 g/mol. The zero-order chi connectivity index (χ0) is 12.6. The number of nitrogens with zero attached hydrogens (tertiary/aromatic N) is 3. The molecule has 1 amide bonds. The van der Waals surface area contributed by atoms with Gasteiger partial charge in [0.15, 0.2) is 5.65 Å². The van der Waals surface area contributed by atoms with E-state index in [-0.39, 0.29) is 17.0 Å². The zero-order valence-corrected chi connectivity index (χ0v) is 10.1. The summed E-state index contributed by atoms with van der Waals surface area (Å²) in [5.41, 5.74) is 6.44. The van der Waals surface area contributed by atoms with E-state index in [9.17, 15) is 4.79 Å². The number of carbonyl (C=O) groups is 1. The van der Waals surface area contributed by atoms with Crippen molar-refractivity contribution in [1.29, 1.82) is 0 Å². The fourth-order valence-electron chi connectivity index (χ4n) is 1.51. The van der Waals surface area contributed by atoms with Crippen molar-refractivity contribution < 1.29 is 9.53 Å². The Balaban J connectivity index is 2.65. The average molecular weight is 255 g/mol. The number of primary amides is 1. The Kier molecular flexibility index (Phi) is 2.89. The van der Waals surface area contributed by atoms with E-state index in [2.05, 4.69) is 10.1 Å². The summed E-state index contributed by atoms with van der Waals surface area (Å²) in [6.07, 6.45) is 0.743. The molecule has 7 heteroatoms. The number of nitrogens with two attached hydrogens (primary N) is 1. The fraction of sp³-hybridized carbons (Fsp3) is 0.300.